The molecule has 0 bridgehead atoms. The van der Waals surface area contributed by atoms with Gasteiger partial charge in [-0.05, 0) is 54.1 Å². The van der Waals surface area contributed by atoms with Crippen molar-refractivity contribution in [1.82, 2.24) is 4.98 Å². The molecule has 4 aromatic rings. The fourth-order valence-corrected chi connectivity index (χ4v) is 3.32. The number of benzene rings is 3. The number of hydrogen-bond acceptors (Lipinski definition) is 7. The number of aromatic nitrogens is 1. The zero-order valence-corrected chi connectivity index (χ0v) is 18.8. The van der Waals surface area contributed by atoms with Crippen LogP contribution in [0.3, 0.4) is 0 Å². The number of nitro benzene ring substituents is 1. The fourth-order valence-electron chi connectivity index (χ4n) is 3.32. The van der Waals surface area contributed by atoms with E-state index in [1.54, 1.807) is 42.7 Å². The maximum atomic E-state index is 12.9. The zero-order valence-electron chi connectivity index (χ0n) is 18.8. The Morgan fingerprint density at radius 1 is 0.943 bits per heavy atom. The fraction of sp³-hybridized carbons (Fsp3) is 0.0769. The summed E-state index contributed by atoms with van der Waals surface area (Å²) in [5, 5.41) is 17.4. The molecule has 176 valence electrons. The number of nitrogens with one attached hydrogen (secondary N) is 2. The summed E-state index contributed by atoms with van der Waals surface area (Å²) in [7, 11) is 1.52. The minimum Gasteiger partial charge on any atom is -0.493 e. The quantitative estimate of drug-likeness (QED) is 0.243. The molecular formula is C26H22N4O5. The molecule has 4 rings (SSSR count). The van der Waals surface area contributed by atoms with Crippen LogP contribution in [-0.4, -0.2) is 22.9 Å². The lowest BCUT2D eigenvalue weighted by molar-refractivity contribution is -0.383. The predicted molar refractivity (Wildman–Crippen MR) is 132 cm³/mol. The van der Waals surface area contributed by atoms with Crippen LogP contribution in [0.4, 0.5) is 22.7 Å². The van der Waals surface area contributed by atoms with Crippen molar-refractivity contribution in [1.29, 1.82) is 0 Å². The van der Waals surface area contributed by atoms with E-state index in [4.69, 9.17) is 9.47 Å². The molecule has 0 fully saturated rings. The summed E-state index contributed by atoms with van der Waals surface area (Å²) in [6.07, 6.45) is 3.35. The van der Waals surface area contributed by atoms with Gasteiger partial charge in [0, 0.05) is 41.5 Å². The van der Waals surface area contributed by atoms with Crippen LogP contribution in [-0.2, 0) is 6.61 Å². The van der Waals surface area contributed by atoms with E-state index in [0.717, 1.165) is 5.56 Å². The number of amides is 1. The number of nitro groups is 1. The molecule has 0 atom stereocenters. The van der Waals surface area contributed by atoms with Gasteiger partial charge in [0.15, 0.2) is 11.5 Å². The van der Waals surface area contributed by atoms with Gasteiger partial charge in [-0.1, -0.05) is 18.2 Å². The average Bonchev–Trinajstić information content (AvgIpc) is 2.89. The molecule has 0 saturated carbocycles. The highest BCUT2D eigenvalue weighted by Gasteiger charge is 2.18. The van der Waals surface area contributed by atoms with E-state index < -0.39 is 10.8 Å². The second-order valence-electron chi connectivity index (χ2n) is 7.44. The van der Waals surface area contributed by atoms with Crippen LogP contribution in [0.2, 0.25) is 0 Å². The smallest absolute Gasteiger partial charge is 0.293 e. The standard InChI is InChI=1S/C26H22N4O5/c1-34-24-10-8-21(16-25(24)35-17-18-11-13-27-14-12-18)29-26(31)19-7-9-22(23(15-19)30(32)33)28-20-5-3-2-4-6-20/h2-16,28H,17H2,1H3,(H,29,31). The summed E-state index contributed by atoms with van der Waals surface area (Å²) in [5.74, 6) is 0.448. The number of ether oxygens (including phenoxy) is 2. The molecule has 0 unspecified atom stereocenters. The van der Waals surface area contributed by atoms with Gasteiger partial charge in [0.25, 0.3) is 11.6 Å². The van der Waals surface area contributed by atoms with Crippen molar-refractivity contribution >= 4 is 28.7 Å². The van der Waals surface area contributed by atoms with Crippen LogP contribution in [0, 0.1) is 10.1 Å². The molecule has 9 nitrogen and oxygen atoms in total. The van der Waals surface area contributed by atoms with Gasteiger partial charge in [-0.25, -0.2) is 0 Å². The molecule has 9 heteroatoms. The molecule has 1 aromatic heterocycles. The van der Waals surface area contributed by atoms with E-state index >= 15 is 0 Å². The summed E-state index contributed by atoms with van der Waals surface area (Å²) >= 11 is 0. The first-order chi connectivity index (χ1) is 17.0. The summed E-state index contributed by atoms with van der Waals surface area (Å²) in [4.78, 5) is 28.0. The van der Waals surface area contributed by atoms with Crippen molar-refractivity contribution in [3.63, 3.8) is 0 Å². The minimum atomic E-state index is -0.527. The molecule has 0 radical (unpaired) electrons. The first-order valence-electron chi connectivity index (χ1n) is 10.6. The third-order valence-corrected chi connectivity index (χ3v) is 5.07. The Balaban J connectivity index is 1.51. The number of rotatable bonds is 9. The largest absolute Gasteiger partial charge is 0.493 e. The number of carbonyl (C=O) groups excluding carboxylic acids is 1. The third-order valence-electron chi connectivity index (χ3n) is 5.07. The van der Waals surface area contributed by atoms with Crippen molar-refractivity contribution in [3.05, 3.63) is 112 Å². The second-order valence-corrected chi connectivity index (χ2v) is 7.44. The van der Waals surface area contributed by atoms with Gasteiger partial charge in [0.05, 0.1) is 12.0 Å². The van der Waals surface area contributed by atoms with Crippen molar-refractivity contribution in [2.24, 2.45) is 0 Å². The van der Waals surface area contributed by atoms with Crippen molar-refractivity contribution in [3.8, 4) is 11.5 Å². The lowest BCUT2D eigenvalue weighted by Gasteiger charge is -2.13. The Hall–Kier alpha value is -4.92. The van der Waals surface area contributed by atoms with Crippen LogP contribution in [0.5, 0.6) is 11.5 Å². The molecule has 0 aliphatic rings. The van der Waals surface area contributed by atoms with Crippen LogP contribution in [0.15, 0.2) is 91.3 Å². The third kappa shape index (κ3) is 5.91. The van der Waals surface area contributed by atoms with E-state index in [-0.39, 0.29) is 16.9 Å². The van der Waals surface area contributed by atoms with Gasteiger partial charge in [-0.15, -0.1) is 0 Å². The lowest BCUT2D eigenvalue weighted by Crippen LogP contribution is -2.13. The van der Waals surface area contributed by atoms with Gasteiger partial charge < -0.3 is 20.1 Å². The predicted octanol–water partition coefficient (Wildman–Crippen LogP) is 5.57. The zero-order chi connectivity index (χ0) is 24.6. The first-order valence-corrected chi connectivity index (χ1v) is 10.6. The van der Waals surface area contributed by atoms with E-state index in [1.165, 1.54) is 25.3 Å². The van der Waals surface area contributed by atoms with E-state index in [2.05, 4.69) is 15.6 Å². The molecule has 2 N–H and O–H groups in total. The van der Waals surface area contributed by atoms with Gasteiger partial charge in [-0.3, -0.25) is 19.9 Å². The molecular weight excluding hydrogens is 448 g/mol. The lowest BCUT2D eigenvalue weighted by atomic mass is 10.1. The van der Waals surface area contributed by atoms with E-state index in [1.807, 2.05) is 30.3 Å². The Kier molecular flexibility index (Phi) is 7.17. The highest BCUT2D eigenvalue weighted by atomic mass is 16.6. The molecule has 1 amide bonds. The normalized spacial score (nSPS) is 10.3. The van der Waals surface area contributed by atoms with Crippen molar-refractivity contribution in [2.45, 2.75) is 6.61 Å². The number of para-hydroxylation sites is 1. The number of pyridine rings is 1. The summed E-state index contributed by atoms with van der Waals surface area (Å²) in [6.45, 7) is 0.290. The first kappa shape index (κ1) is 23.2. The van der Waals surface area contributed by atoms with Gasteiger partial charge >= 0.3 is 0 Å². The number of carbonyl (C=O) groups is 1. The average molecular weight is 470 g/mol. The Morgan fingerprint density at radius 2 is 1.71 bits per heavy atom. The highest BCUT2D eigenvalue weighted by Crippen LogP contribution is 2.32. The van der Waals surface area contributed by atoms with Gasteiger partial charge in [0.2, 0.25) is 0 Å². The Bertz CT molecular complexity index is 1330. The molecule has 0 aliphatic heterocycles. The summed E-state index contributed by atoms with van der Waals surface area (Å²) in [6, 6.07) is 22.0. The molecule has 0 aliphatic carbocycles. The maximum absolute atomic E-state index is 12.9. The Labute approximate surface area is 201 Å². The van der Waals surface area contributed by atoms with Crippen LogP contribution < -0.4 is 20.1 Å². The monoisotopic (exact) mass is 470 g/mol. The number of hydrogen-bond donors (Lipinski definition) is 2. The summed E-state index contributed by atoms with van der Waals surface area (Å²) in [5.41, 5.74) is 2.30. The van der Waals surface area contributed by atoms with Crippen LogP contribution in [0.1, 0.15) is 15.9 Å². The minimum absolute atomic E-state index is 0.144. The molecule has 3 aromatic carbocycles. The molecule has 35 heavy (non-hydrogen) atoms. The van der Waals surface area contributed by atoms with Gasteiger partial charge in [0.1, 0.15) is 12.3 Å². The Morgan fingerprint density at radius 3 is 2.43 bits per heavy atom. The number of nitrogens with zero attached hydrogens (tertiary/aromatic N) is 2. The highest BCUT2D eigenvalue weighted by molar-refractivity contribution is 6.05. The van der Waals surface area contributed by atoms with Crippen molar-refractivity contribution in [2.75, 3.05) is 17.7 Å². The number of anilines is 3. The topological polar surface area (TPSA) is 116 Å². The van der Waals surface area contributed by atoms with Gasteiger partial charge in [-0.2, -0.15) is 0 Å². The van der Waals surface area contributed by atoms with E-state index in [0.29, 0.717) is 29.5 Å². The second kappa shape index (κ2) is 10.8. The maximum Gasteiger partial charge on any atom is 0.293 e. The number of methoxy groups -OCH3 is 1. The van der Waals surface area contributed by atoms with Crippen molar-refractivity contribution < 1.29 is 19.2 Å². The summed E-state index contributed by atoms with van der Waals surface area (Å²) < 4.78 is 11.2. The molecule has 0 spiro atoms. The molecule has 1 heterocycles. The van der Waals surface area contributed by atoms with Crippen LogP contribution >= 0.6 is 0 Å². The van der Waals surface area contributed by atoms with E-state index in [9.17, 15) is 14.9 Å². The molecule has 0 saturated heterocycles. The SMILES string of the molecule is COc1ccc(NC(=O)c2ccc(Nc3ccccc3)c([N+](=O)[O-])c2)cc1OCc1ccncc1. The van der Waals surface area contributed by atoms with Crippen LogP contribution in [0.25, 0.3) is 0 Å².